The fourth-order valence-electron chi connectivity index (χ4n) is 2.15. The van der Waals surface area contributed by atoms with Gasteiger partial charge in [-0.2, -0.15) is 5.10 Å². The minimum Gasteiger partial charge on any atom is -0.356 e. The van der Waals surface area contributed by atoms with Crippen LogP contribution in [0.25, 0.3) is 0 Å². The van der Waals surface area contributed by atoms with E-state index in [1.165, 1.54) is 6.07 Å². The Bertz CT molecular complexity index is 633. The molecule has 0 fully saturated rings. The van der Waals surface area contributed by atoms with Crippen molar-refractivity contribution in [2.45, 2.75) is 19.4 Å². The summed E-state index contributed by atoms with van der Waals surface area (Å²) < 4.78 is 16.3. The third-order valence-electron chi connectivity index (χ3n) is 3.35. The topological polar surface area (TPSA) is 54.2 Å². The Morgan fingerprint density at radius 3 is 2.79 bits per heavy atom. The summed E-state index contributed by atoms with van der Waals surface area (Å²) in [5.41, 5.74) is 0.733. The number of aryl methyl sites for hydroxylation is 1. The molecule has 2 rings (SSSR count). The molecule has 0 radical (unpaired) electrons. The van der Waals surface area contributed by atoms with Crippen LogP contribution in [0.3, 0.4) is 0 Å². The highest BCUT2D eigenvalue weighted by molar-refractivity contribution is 14.0. The minimum atomic E-state index is -0.166. The van der Waals surface area contributed by atoms with Crippen molar-refractivity contribution in [3.8, 4) is 0 Å². The number of aromatic nitrogens is 2. The molecule has 1 aromatic carbocycles. The third kappa shape index (κ3) is 7.16. The number of aliphatic imine (C=N–C) groups is 1. The van der Waals surface area contributed by atoms with E-state index >= 15 is 0 Å². The van der Waals surface area contributed by atoms with E-state index in [1.54, 1.807) is 13.2 Å². The molecule has 0 aliphatic carbocycles. The number of rotatable bonds is 7. The molecule has 0 unspecified atom stereocenters. The quantitative estimate of drug-likeness (QED) is 0.261. The van der Waals surface area contributed by atoms with Crippen molar-refractivity contribution < 1.29 is 4.39 Å². The van der Waals surface area contributed by atoms with Crippen LogP contribution in [-0.4, -0.2) is 35.9 Å². The average Bonchev–Trinajstić information content (AvgIpc) is 3.04. The largest absolute Gasteiger partial charge is 0.356 e. The number of halogens is 3. The van der Waals surface area contributed by atoms with Gasteiger partial charge in [0, 0.05) is 37.0 Å². The summed E-state index contributed by atoms with van der Waals surface area (Å²) in [5, 5.41) is 10.6. The first-order valence-corrected chi connectivity index (χ1v) is 8.34. The fourth-order valence-corrected chi connectivity index (χ4v) is 2.49. The van der Waals surface area contributed by atoms with Crippen molar-refractivity contribution in [2.75, 3.05) is 20.1 Å². The lowest BCUT2D eigenvalue weighted by Gasteiger charge is -2.12. The van der Waals surface area contributed by atoms with Crippen LogP contribution in [0, 0.1) is 5.82 Å². The first-order chi connectivity index (χ1) is 11.2. The highest BCUT2D eigenvalue weighted by Gasteiger charge is 2.03. The van der Waals surface area contributed by atoms with E-state index in [4.69, 9.17) is 0 Å². The predicted octanol–water partition coefficient (Wildman–Crippen LogP) is 3.20. The Balaban J connectivity index is 0.00000288. The van der Waals surface area contributed by atoms with Gasteiger partial charge in [-0.1, -0.05) is 22.0 Å². The van der Waals surface area contributed by atoms with Gasteiger partial charge >= 0.3 is 0 Å². The molecule has 0 aliphatic heterocycles. The van der Waals surface area contributed by atoms with Gasteiger partial charge in [-0.3, -0.25) is 9.67 Å². The highest BCUT2D eigenvalue weighted by Crippen LogP contribution is 2.16. The van der Waals surface area contributed by atoms with E-state index in [2.05, 4.69) is 36.7 Å². The zero-order valence-electron chi connectivity index (χ0n) is 13.5. The van der Waals surface area contributed by atoms with Crippen molar-refractivity contribution >= 4 is 45.9 Å². The van der Waals surface area contributed by atoms with Gasteiger partial charge in [0.05, 0.1) is 6.54 Å². The molecule has 0 aliphatic rings. The van der Waals surface area contributed by atoms with Crippen molar-refractivity contribution in [3.05, 3.63) is 52.5 Å². The third-order valence-corrected chi connectivity index (χ3v) is 3.84. The van der Waals surface area contributed by atoms with Crippen molar-refractivity contribution in [2.24, 2.45) is 4.99 Å². The van der Waals surface area contributed by atoms with Gasteiger partial charge in [0.25, 0.3) is 0 Å². The second kappa shape index (κ2) is 11.4. The molecular weight excluding hydrogens is 488 g/mol. The van der Waals surface area contributed by atoms with Crippen LogP contribution in [0.5, 0.6) is 0 Å². The molecule has 0 saturated heterocycles. The smallest absolute Gasteiger partial charge is 0.191 e. The SMILES string of the molecule is CN=C(NCCCc1ccc(Br)cc1F)NCCn1cccn1.I. The van der Waals surface area contributed by atoms with E-state index in [0.29, 0.717) is 6.42 Å². The summed E-state index contributed by atoms with van der Waals surface area (Å²) in [5.74, 6) is 0.578. The van der Waals surface area contributed by atoms with Gasteiger partial charge in [-0.15, -0.1) is 24.0 Å². The predicted molar refractivity (Wildman–Crippen MR) is 109 cm³/mol. The van der Waals surface area contributed by atoms with Gasteiger partial charge in [0.2, 0.25) is 0 Å². The van der Waals surface area contributed by atoms with E-state index in [1.807, 2.05) is 29.1 Å². The second-order valence-corrected chi connectivity index (χ2v) is 5.95. The van der Waals surface area contributed by atoms with Gasteiger partial charge in [-0.25, -0.2) is 4.39 Å². The second-order valence-electron chi connectivity index (χ2n) is 5.03. The normalized spacial score (nSPS) is 11.0. The number of hydrogen-bond acceptors (Lipinski definition) is 2. The monoisotopic (exact) mass is 509 g/mol. The van der Waals surface area contributed by atoms with E-state index < -0.39 is 0 Å². The highest BCUT2D eigenvalue weighted by atomic mass is 127. The number of benzene rings is 1. The van der Waals surface area contributed by atoms with Gasteiger partial charge in [0.1, 0.15) is 5.82 Å². The van der Waals surface area contributed by atoms with Crippen LogP contribution in [-0.2, 0) is 13.0 Å². The summed E-state index contributed by atoms with van der Waals surface area (Å²) in [6.45, 7) is 2.25. The van der Waals surface area contributed by atoms with E-state index in [-0.39, 0.29) is 29.8 Å². The lowest BCUT2D eigenvalue weighted by molar-refractivity contribution is 0.593. The summed E-state index contributed by atoms with van der Waals surface area (Å²) in [4.78, 5) is 4.17. The van der Waals surface area contributed by atoms with Crippen LogP contribution in [0.2, 0.25) is 0 Å². The fraction of sp³-hybridized carbons (Fsp3) is 0.375. The minimum absolute atomic E-state index is 0. The van der Waals surface area contributed by atoms with Crippen molar-refractivity contribution in [1.29, 1.82) is 0 Å². The first-order valence-electron chi connectivity index (χ1n) is 7.55. The number of guanidine groups is 1. The molecule has 0 atom stereocenters. The molecule has 5 nitrogen and oxygen atoms in total. The summed E-state index contributed by atoms with van der Waals surface area (Å²) in [7, 11) is 1.73. The van der Waals surface area contributed by atoms with Crippen molar-refractivity contribution in [1.82, 2.24) is 20.4 Å². The molecule has 1 aromatic heterocycles. The molecule has 132 valence electrons. The van der Waals surface area contributed by atoms with Gasteiger partial charge in [0.15, 0.2) is 5.96 Å². The van der Waals surface area contributed by atoms with Gasteiger partial charge < -0.3 is 10.6 Å². The van der Waals surface area contributed by atoms with Crippen LogP contribution in [0.15, 0.2) is 46.1 Å². The lowest BCUT2D eigenvalue weighted by atomic mass is 10.1. The molecular formula is C16H22BrFIN5. The Morgan fingerprint density at radius 2 is 2.12 bits per heavy atom. The molecule has 1 heterocycles. The molecule has 2 N–H and O–H groups in total. The standard InChI is InChI=1S/C16H21BrFN5.HI/c1-19-16(21-9-11-23-10-3-8-22-23)20-7-2-4-13-5-6-14(17)12-15(13)18;/h3,5-6,8,10,12H,2,4,7,9,11H2,1H3,(H2,19,20,21);1H. The Labute approximate surface area is 167 Å². The Morgan fingerprint density at radius 1 is 1.33 bits per heavy atom. The molecule has 2 aromatic rings. The first kappa shape index (κ1) is 20.9. The maximum absolute atomic E-state index is 13.7. The lowest BCUT2D eigenvalue weighted by Crippen LogP contribution is -2.39. The summed E-state index contributed by atoms with van der Waals surface area (Å²) in [6, 6.07) is 7.07. The van der Waals surface area contributed by atoms with E-state index in [0.717, 1.165) is 42.1 Å². The maximum Gasteiger partial charge on any atom is 0.191 e. The van der Waals surface area contributed by atoms with Crippen LogP contribution < -0.4 is 10.6 Å². The maximum atomic E-state index is 13.7. The zero-order chi connectivity index (χ0) is 16.5. The van der Waals surface area contributed by atoms with Crippen LogP contribution >= 0.6 is 39.9 Å². The average molecular weight is 510 g/mol. The molecule has 0 spiro atoms. The van der Waals surface area contributed by atoms with Crippen LogP contribution in [0.1, 0.15) is 12.0 Å². The molecule has 0 amide bonds. The Kier molecular flexibility index (Phi) is 9.92. The number of hydrogen-bond donors (Lipinski definition) is 2. The Hall–Kier alpha value is -1.16. The summed E-state index contributed by atoms with van der Waals surface area (Å²) >= 11 is 3.26. The van der Waals surface area contributed by atoms with Crippen LogP contribution in [0.4, 0.5) is 4.39 Å². The summed E-state index contributed by atoms with van der Waals surface area (Å²) in [6.07, 6.45) is 5.20. The van der Waals surface area contributed by atoms with Crippen molar-refractivity contribution in [3.63, 3.8) is 0 Å². The number of nitrogens with zero attached hydrogens (tertiary/aromatic N) is 3. The van der Waals surface area contributed by atoms with Gasteiger partial charge in [-0.05, 0) is 36.6 Å². The molecule has 0 bridgehead atoms. The van der Waals surface area contributed by atoms with E-state index in [9.17, 15) is 4.39 Å². The molecule has 8 heteroatoms. The number of nitrogens with one attached hydrogen (secondary N) is 2. The molecule has 0 saturated carbocycles. The molecule has 24 heavy (non-hydrogen) atoms. The zero-order valence-corrected chi connectivity index (χ0v) is 17.4.